The highest BCUT2D eigenvalue weighted by Crippen LogP contribution is 2.23. The molecule has 0 unspecified atom stereocenters. The molecule has 1 aromatic carbocycles. The number of anilines is 1. The van der Waals surface area contributed by atoms with Crippen molar-refractivity contribution < 1.29 is 9.59 Å². The minimum Gasteiger partial charge on any atom is -0.368 e. The summed E-state index contributed by atoms with van der Waals surface area (Å²) in [7, 11) is 0. The zero-order valence-corrected chi connectivity index (χ0v) is 15.2. The third kappa shape index (κ3) is 4.06. The second-order valence-electron chi connectivity index (χ2n) is 6.98. The van der Waals surface area contributed by atoms with Gasteiger partial charge in [0.05, 0.1) is 0 Å². The molecule has 25 heavy (non-hydrogen) atoms. The molecule has 3 rings (SSSR count). The molecule has 2 fully saturated rings. The Bertz CT molecular complexity index is 638. The van der Waals surface area contributed by atoms with E-state index in [1.165, 1.54) is 16.8 Å². The number of nitrogens with zero attached hydrogens (tertiary/aromatic N) is 2. The van der Waals surface area contributed by atoms with Crippen LogP contribution >= 0.6 is 0 Å². The molecule has 6 nitrogen and oxygen atoms in total. The number of benzene rings is 1. The van der Waals surface area contributed by atoms with Crippen molar-refractivity contribution in [1.82, 2.24) is 15.5 Å². The monoisotopic (exact) mass is 344 g/mol. The molecule has 0 radical (unpaired) electrons. The molecule has 136 valence electrons. The van der Waals surface area contributed by atoms with E-state index in [1.54, 1.807) is 0 Å². The van der Waals surface area contributed by atoms with Gasteiger partial charge >= 0.3 is 6.03 Å². The number of aryl methyl sites for hydroxylation is 1. The predicted molar refractivity (Wildman–Crippen MR) is 98.9 cm³/mol. The van der Waals surface area contributed by atoms with E-state index in [0.717, 1.165) is 32.4 Å². The van der Waals surface area contributed by atoms with E-state index in [1.807, 2.05) is 4.90 Å². The van der Waals surface area contributed by atoms with Gasteiger partial charge in [-0.2, -0.15) is 0 Å². The summed E-state index contributed by atoms with van der Waals surface area (Å²) in [5, 5.41) is 5.77. The van der Waals surface area contributed by atoms with E-state index in [9.17, 15) is 9.59 Å². The lowest BCUT2D eigenvalue weighted by molar-refractivity contribution is -0.122. The van der Waals surface area contributed by atoms with Gasteiger partial charge in [0.1, 0.15) is 6.04 Å². The zero-order chi connectivity index (χ0) is 17.8. The highest BCUT2D eigenvalue weighted by molar-refractivity contribution is 5.87. The lowest BCUT2D eigenvalue weighted by atomic mass is 10.1. The molecule has 0 aliphatic carbocycles. The van der Waals surface area contributed by atoms with Crippen LogP contribution in [0.2, 0.25) is 0 Å². The van der Waals surface area contributed by atoms with E-state index in [0.29, 0.717) is 19.6 Å². The van der Waals surface area contributed by atoms with Gasteiger partial charge in [-0.25, -0.2) is 4.79 Å². The molecule has 2 N–H and O–H groups in total. The number of carbonyl (C=O) groups is 2. The maximum atomic E-state index is 12.5. The van der Waals surface area contributed by atoms with Gasteiger partial charge in [0.15, 0.2) is 0 Å². The van der Waals surface area contributed by atoms with E-state index >= 15 is 0 Å². The third-order valence-electron chi connectivity index (χ3n) is 5.32. The van der Waals surface area contributed by atoms with E-state index in [4.69, 9.17) is 0 Å². The number of hydrogen-bond acceptors (Lipinski definition) is 3. The summed E-state index contributed by atoms with van der Waals surface area (Å²) < 4.78 is 0. The van der Waals surface area contributed by atoms with Gasteiger partial charge in [0, 0.05) is 38.4 Å². The summed E-state index contributed by atoms with van der Waals surface area (Å²) >= 11 is 0. The lowest BCUT2D eigenvalue weighted by Gasteiger charge is -2.37. The van der Waals surface area contributed by atoms with E-state index in [-0.39, 0.29) is 11.9 Å². The Labute approximate surface area is 149 Å². The fraction of sp³-hybridized carbons (Fsp3) is 0.579. The number of urea groups is 1. The average Bonchev–Trinajstić information content (AvgIpc) is 2.82. The Morgan fingerprint density at radius 1 is 1.16 bits per heavy atom. The highest BCUT2D eigenvalue weighted by Gasteiger charge is 2.27. The summed E-state index contributed by atoms with van der Waals surface area (Å²) in [5.74, 6) is -0.0557. The van der Waals surface area contributed by atoms with Crippen LogP contribution in [0.5, 0.6) is 0 Å². The predicted octanol–water partition coefficient (Wildman–Crippen LogP) is 1.80. The number of piperazine rings is 1. The van der Waals surface area contributed by atoms with Gasteiger partial charge < -0.3 is 20.4 Å². The van der Waals surface area contributed by atoms with Gasteiger partial charge in [0.2, 0.25) is 5.91 Å². The van der Waals surface area contributed by atoms with Crippen molar-refractivity contribution in [2.45, 2.75) is 39.2 Å². The van der Waals surface area contributed by atoms with Crippen LogP contribution in [-0.2, 0) is 4.79 Å². The second-order valence-corrected chi connectivity index (χ2v) is 6.98. The Morgan fingerprint density at radius 2 is 1.92 bits per heavy atom. The van der Waals surface area contributed by atoms with Crippen LogP contribution in [0.15, 0.2) is 18.2 Å². The van der Waals surface area contributed by atoms with Crippen molar-refractivity contribution in [3.63, 3.8) is 0 Å². The molecule has 0 bridgehead atoms. The van der Waals surface area contributed by atoms with Gasteiger partial charge in [-0.15, -0.1) is 0 Å². The van der Waals surface area contributed by atoms with Crippen LogP contribution in [0, 0.1) is 13.8 Å². The topological polar surface area (TPSA) is 64.7 Å². The minimum absolute atomic E-state index is 0.0557. The highest BCUT2D eigenvalue weighted by atomic mass is 16.2. The van der Waals surface area contributed by atoms with Gasteiger partial charge in [-0.05, 0) is 50.3 Å². The van der Waals surface area contributed by atoms with Gasteiger partial charge in [0.25, 0.3) is 0 Å². The fourth-order valence-corrected chi connectivity index (χ4v) is 3.55. The van der Waals surface area contributed by atoms with Crippen LogP contribution in [0.25, 0.3) is 0 Å². The molecule has 0 spiro atoms. The van der Waals surface area contributed by atoms with Crippen LogP contribution < -0.4 is 15.5 Å². The molecule has 2 aliphatic rings. The van der Waals surface area contributed by atoms with Gasteiger partial charge in [-0.1, -0.05) is 12.1 Å². The molecule has 2 aliphatic heterocycles. The third-order valence-corrected chi connectivity index (χ3v) is 5.32. The molecular weight excluding hydrogens is 316 g/mol. The van der Waals surface area contributed by atoms with Crippen LogP contribution in [0.3, 0.4) is 0 Å². The first-order valence-electron chi connectivity index (χ1n) is 9.20. The fourth-order valence-electron chi connectivity index (χ4n) is 3.55. The molecule has 1 atom stereocenters. The summed E-state index contributed by atoms with van der Waals surface area (Å²) in [6.07, 6.45) is 2.66. The Morgan fingerprint density at radius 3 is 2.68 bits per heavy atom. The number of nitrogens with one attached hydrogen (secondary N) is 2. The smallest absolute Gasteiger partial charge is 0.318 e. The zero-order valence-electron chi connectivity index (χ0n) is 15.2. The molecule has 0 saturated carbocycles. The number of rotatable bonds is 2. The number of hydrogen-bond donors (Lipinski definition) is 2. The molecule has 3 amide bonds. The minimum atomic E-state index is -0.396. The second kappa shape index (κ2) is 7.76. The molecular formula is C19H28N4O2. The Hall–Kier alpha value is -2.24. The summed E-state index contributed by atoms with van der Waals surface area (Å²) in [6.45, 7) is 7.96. The van der Waals surface area contributed by atoms with Crippen LogP contribution in [0.1, 0.15) is 30.4 Å². The molecule has 2 saturated heterocycles. The summed E-state index contributed by atoms with van der Waals surface area (Å²) in [4.78, 5) is 28.6. The average molecular weight is 344 g/mol. The normalized spacial score (nSPS) is 21.5. The first-order valence-corrected chi connectivity index (χ1v) is 9.20. The molecule has 6 heteroatoms. The maximum absolute atomic E-state index is 12.5. The van der Waals surface area contributed by atoms with E-state index < -0.39 is 6.04 Å². The number of carbonyl (C=O) groups excluding carboxylic acids is 2. The van der Waals surface area contributed by atoms with Crippen LogP contribution in [-0.4, -0.2) is 55.6 Å². The van der Waals surface area contributed by atoms with Crippen molar-refractivity contribution in [3.8, 4) is 0 Å². The summed E-state index contributed by atoms with van der Waals surface area (Å²) in [5.41, 5.74) is 3.84. The van der Waals surface area contributed by atoms with Gasteiger partial charge in [-0.3, -0.25) is 4.79 Å². The first-order chi connectivity index (χ1) is 12.1. The Kier molecular flexibility index (Phi) is 5.46. The number of amides is 3. The Balaban J connectivity index is 1.55. The quantitative estimate of drug-likeness (QED) is 0.860. The van der Waals surface area contributed by atoms with Crippen molar-refractivity contribution in [2.75, 3.05) is 37.6 Å². The maximum Gasteiger partial charge on any atom is 0.318 e. The lowest BCUT2D eigenvalue weighted by Crippen LogP contribution is -2.55. The van der Waals surface area contributed by atoms with E-state index in [2.05, 4.69) is 47.6 Å². The SMILES string of the molecule is Cc1cccc(N2CCN(C(=O)N[C@@H]3CCCCNC3=O)CC2)c1C. The first kappa shape index (κ1) is 17.6. The largest absolute Gasteiger partial charge is 0.368 e. The van der Waals surface area contributed by atoms with Crippen molar-refractivity contribution in [2.24, 2.45) is 0 Å². The molecule has 2 heterocycles. The van der Waals surface area contributed by atoms with Crippen molar-refractivity contribution in [3.05, 3.63) is 29.3 Å². The molecule has 0 aromatic heterocycles. The van der Waals surface area contributed by atoms with Crippen molar-refractivity contribution >= 4 is 17.6 Å². The van der Waals surface area contributed by atoms with Crippen LogP contribution in [0.4, 0.5) is 10.5 Å². The van der Waals surface area contributed by atoms with Crippen molar-refractivity contribution in [1.29, 1.82) is 0 Å². The molecule has 1 aromatic rings. The standard InChI is InChI=1S/C19H28N4O2/c1-14-6-5-8-17(15(14)2)22-10-12-23(13-11-22)19(25)21-16-7-3-4-9-20-18(16)24/h5-6,8,16H,3-4,7,9-13H2,1-2H3,(H,20,24)(H,21,25)/t16-/m1/s1. The summed E-state index contributed by atoms with van der Waals surface area (Å²) in [6, 6.07) is 5.84.